The van der Waals surface area contributed by atoms with Gasteiger partial charge in [0.25, 0.3) is 0 Å². The Morgan fingerprint density at radius 2 is 1.69 bits per heavy atom. The summed E-state index contributed by atoms with van der Waals surface area (Å²) in [5, 5.41) is 3.40. The molecule has 1 saturated carbocycles. The second kappa shape index (κ2) is 6.02. The van der Waals surface area contributed by atoms with Gasteiger partial charge in [-0.05, 0) is 38.1 Å². The highest BCUT2D eigenvalue weighted by Gasteiger charge is 2.31. The molecule has 16 heavy (non-hydrogen) atoms. The molecule has 1 heterocycles. The highest BCUT2D eigenvalue weighted by atomic mass is 15.2. The summed E-state index contributed by atoms with van der Waals surface area (Å²) in [5.74, 6) is 1.04. The Morgan fingerprint density at radius 3 is 2.12 bits per heavy atom. The summed E-state index contributed by atoms with van der Waals surface area (Å²) < 4.78 is 0. The van der Waals surface area contributed by atoms with Crippen LogP contribution in [0.1, 0.15) is 52.4 Å². The molecule has 0 unspecified atom stereocenters. The summed E-state index contributed by atoms with van der Waals surface area (Å²) >= 11 is 0. The van der Waals surface area contributed by atoms with Crippen LogP contribution in [0.25, 0.3) is 0 Å². The van der Waals surface area contributed by atoms with Gasteiger partial charge in [-0.1, -0.05) is 26.7 Å². The van der Waals surface area contributed by atoms with E-state index >= 15 is 0 Å². The molecule has 0 aromatic carbocycles. The zero-order valence-corrected chi connectivity index (χ0v) is 11.0. The van der Waals surface area contributed by atoms with Gasteiger partial charge < -0.3 is 5.32 Å². The summed E-state index contributed by atoms with van der Waals surface area (Å²) in [4.78, 5) is 2.76. The topological polar surface area (TPSA) is 15.3 Å². The summed E-state index contributed by atoms with van der Waals surface area (Å²) in [5.41, 5.74) is 0. The molecule has 0 aromatic rings. The van der Waals surface area contributed by atoms with Gasteiger partial charge in [0.15, 0.2) is 0 Å². The van der Waals surface area contributed by atoms with E-state index in [2.05, 4.69) is 24.1 Å². The van der Waals surface area contributed by atoms with Gasteiger partial charge in [-0.2, -0.15) is 0 Å². The zero-order chi connectivity index (χ0) is 11.4. The van der Waals surface area contributed by atoms with Crippen molar-refractivity contribution >= 4 is 0 Å². The SMILES string of the molecule is CCCC1CCC(N(CC)C2CNC2)CC1. The first kappa shape index (κ1) is 12.4. The molecular weight excluding hydrogens is 196 g/mol. The Hall–Kier alpha value is -0.0800. The van der Waals surface area contributed by atoms with Crippen molar-refractivity contribution < 1.29 is 0 Å². The van der Waals surface area contributed by atoms with Gasteiger partial charge >= 0.3 is 0 Å². The van der Waals surface area contributed by atoms with E-state index in [1.54, 1.807) is 0 Å². The first-order valence-corrected chi connectivity index (χ1v) is 7.31. The molecule has 0 bridgehead atoms. The van der Waals surface area contributed by atoms with E-state index in [1.807, 2.05) is 0 Å². The fraction of sp³-hybridized carbons (Fsp3) is 1.00. The molecule has 1 aliphatic carbocycles. The molecule has 2 heteroatoms. The molecule has 0 radical (unpaired) electrons. The third-order valence-electron chi connectivity index (χ3n) is 4.58. The van der Waals surface area contributed by atoms with Gasteiger partial charge in [-0.25, -0.2) is 0 Å². The van der Waals surface area contributed by atoms with Crippen LogP contribution < -0.4 is 5.32 Å². The van der Waals surface area contributed by atoms with E-state index < -0.39 is 0 Å². The average Bonchev–Trinajstić information content (AvgIpc) is 2.25. The van der Waals surface area contributed by atoms with Gasteiger partial charge in [0.1, 0.15) is 0 Å². The van der Waals surface area contributed by atoms with Gasteiger partial charge in [0, 0.05) is 25.2 Å². The van der Waals surface area contributed by atoms with Crippen LogP contribution in [0.3, 0.4) is 0 Å². The van der Waals surface area contributed by atoms with Crippen molar-refractivity contribution in [2.24, 2.45) is 5.92 Å². The van der Waals surface area contributed by atoms with E-state index in [1.165, 1.54) is 58.2 Å². The zero-order valence-electron chi connectivity index (χ0n) is 11.0. The highest BCUT2D eigenvalue weighted by molar-refractivity contribution is 4.89. The molecule has 1 aliphatic heterocycles. The van der Waals surface area contributed by atoms with Crippen molar-refractivity contribution in [3.8, 4) is 0 Å². The summed E-state index contributed by atoms with van der Waals surface area (Å²) in [7, 11) is 0. The highest BCUT2D eigenvalue weighted by Crippen LogP contribution is 2.31. The van der Waals surface area contributed by atoms with Gasteiger partial charge in [0.05, 0.1) is 0 Å². The second-order valence-electron chi connectivity index (χ2n) is 5.61. The number of hydrogen-bond donors (Lipinski definition) is 1. The van der Waals surface area contributed by atoms with Crippen molar-refractivity contribution in [1.29, 1.82) is 0 Å². The lowest BCUT2D eigenvalue weighted by molar-refractivity contribution is 0.0678. The first-order valence-electron chi connectivity index (χ1n) is 7.31. The molecule has 0 atom stereocenters. The minimum absolute atomic E-state index is 0.845. The molecule has 0 spiro atoms. The minimum Gasteiger partial charge on any atom is -0.314 e. The van der Waals surface area contributed by atoms with Crippen LogP contribution in [0.4, 0.5) is 0 Å². The maximum Gasteiger partial charge on any atom is 0.0348 e. The lowest BCUT2D eigenvalue weighted by atomic mass is 9.82. The van der Waals surface area contributed by atoms with Crippen LogP contribution in [-0.2, 0) is 0 Å². The lowest BCUT2D eigenvalue weighted by Gasteiger charge is -2.45. The van der Waals surface area contributed by atoms with Crippen molar-refractivity contribution in [1.82, 2.24) is 10.2 Å². The standard InChI is InChI=1S/C14H28N2/c1-3-5-12-6-8-13(9-7-12)16(4-2)14-10-15-11-14/h12-15H,3-11H2,1-2H3. The van der Waals surface area contributed by atoms with Crippen LogP contribution in [-0.4, -0.2) is 36.6 Å². The Balaban J connectivity index is 1.77. The predicted molar refractivity (Wildman–Crippen MR) is 69.7 cm³/mol. The van der Waals surface area contributed by atoms with Crippen molar-refractivity contribution in [2.75, 3.05) is 19.6 Å². The molecule has 0 aromatic heterocycles. The predicted octanol–water partition coefficient (Wildman–Crippen LogP) is 2.64. The molecular formula is C14H28N2. The van der Waals surface area contributed by atoms with Gasteiger partial charge in [-0.15, -0.1) is 0 Å². The van der Waals surface area contributed by atoms with Crippen LogP contribution >= 0.6 is 0 Å². The lowest BCUT2D eigenvalue weighted by Crippen LogP contribution is -2.60. The minimum atomic E-state index is 0.845. The number of hydrogen-bond acceptors (Lipinski definition) is 2. The van der Waals surface area contributed by atoms with Gasteiger partial charge in [-0.3, -0.25) is 4.90 Å². The average molecular weight is 224 g/mol. The number of nitrogens with one attached hydrogen (secondary N) is 1. The number of nitrogens with zero attached hydrogens (tertiary/aromatic N) is 1. The monoisotopic (exact) mass is 224 g/mol. The fourth-order valence-corrected chi connectivity index (χ4v) is 3.50. The third-order valence-corrected chi connectivity index (χ3v) is 4.58. The van der Waals surface area contributed by atoms with E-state index in [-0.39, 0.29) is 0 Å². The van der Waals surface area contributed by atoms with Gasteiger partial charge in [0.2, 0.25) is 0 Å². The van der Waals surface area contributed by atoms with Crippen molar-refractivity contribution in [3.63, 3.8) is 0 Å². The normalized spacial score (nSPS) is 31.7. The van der Waals surface area contributed by atoms with Crippen molar-refractivity contribution in [2.45, 2.75) is 64.5 Å². The quantitative estimate of drug-likeness (QED) is 0.772. The Bertz CT molecular complexity index is 193. The van der Waals surface area contributed by atoms with E-state index in [9.17, 15) is 0 Å². The van der Waals surface area contributed by atoms with E-state index in [4.69, 9.17) is 0 Å². The van der Waals surface area contributed by atoms with E-state index in [0.717, 1.165) is 18.0 Å². The molecule has 0 amide bonds. The van der Waals surface area contributed by atoms with Crippen LogP contribution in [0.2, 0.25) is 0 Å². The molecule has 94 valence electrons. The van der Waals surface area contributed by atoms with Crippen LogP contribution in [0.5, 0.6) is 0 Å². The van der Waals surface area contributed by atoms with E-state index in [0.29, 0.717) is 0 Å². The molecule has 2 fully saturated rings. The summed E-state index contributed by atoms with van der Waals surface area (Å²) in [6.45, 7) is 8.35. The Kier molecular flexibility index (Phi) is 4.66. The maximum atomic E-state index is 3.40. The number of likely N-dealkylation sites (N-methyl/N-ethyl adjacent to an activating group) is 1. The molecule has 1 N–H and O–H groups in total. The second-order valence-corrected chi connectivity index (χ2v) is 5.61. The largest absolute Gasteiger partial charge is 0.314 e. The fourth-order valence-electron chi connectivity index (χ4n) is 3.50. The molecule has 2 rings (SSSR count). The molecule has 1 saturated heterocycles. The maximum absolute atomic E-state index is 3.40. The van der Waals surface area contributed by atoms with Crippen LogP contribution in [0.15, 0.2) is 0 Å². The first-order chi connectivity index (χ1) is 7.85. The van der Waals surface area contributed by atoms with Crippen LogP contribution in [0, 0.1) is 5.92 Å². The van der Waals surface area contributed by atoms with Crippen molar-refractivity contribution in [3.05, 3.63) is 0 Å². The third kappa shape index (κ3) is 2.78. The Morgan fingerprint density at radius 1 is 1.00 bits per heavy atom. The molecule has 2 aliphatic rings. The summed E-state index contributed by atoms with van der Waals surface area (Å²) in [6, 6.07) is 1.74. The smallest absolute Gasteiger partial charge is 0.0348 e. The Labute approximate surface area is 101 Å². The molecule has 2 nitrogen and oxygen atoms in total. The summed E-state index contributed by atoms with van der Waals surface area (Å²) in [6.07, 6.45) is 8.71. The number of rotatable bonds is 5.